The number of ether oxygens (including phenoxy) is 1. The average Bonchev–Trinajstić information content (AvgIpc) is 2.34. The lowest BCUT2D eigenvalue weighted by Gasteiger charge is -2.25. The second kappa shape index (κ2) is 6.42. The fraction of sp³-hybridized carbons (Fsp3) is 0.647. The van der Waals surface area contributed by atoms with Crippen molar-refractivity contribution in [3.05, 3.63) is 28.8 Å². The highest BCUT2D eigenvalue weighted by atomic mass is 16.5. The van der Waals surface area contributed by atoms with E-state index in [1.54, 1.807) is 7.11 Å². The van der Waals surface area contributed by atoms with Gasteiger partial charge in [0.15, 0.2) is 0 Å². The summed E-state index contributed by atoms with van der Waals surface area (Å²) in [7, 11) is 1.77. The SMILES string of the molecule is CCC(N)CCc1cc(C)cc(C(C)(C)C)c1OC. The van der Waals surface area contributed by atoms with E-state index >= 15 is 0 Å². The molecule has 108 valence electrons. The van der Waals surface area contributed by atoms with Gasteiger partial charge in [0, 0.05) is 11.6 Å². The highest BCUT2D eigenvalue weighted by Gasteiger charge is 2.21. The lowest BCUT2D eigenvalue weighted by Crippen LogP contribution is -2.20. The van der Waals surface area contributed by atoms with Gasteiger partial charge >= 0.3 is 0 Å². The van der Waals surface area contributed by atoms with Gasteiger partial charge in [0.1, 0.15) is 5.75 Å². The van der Waals surface area contributed by atoms with Gasteiger partial charge in [-0.15, -0.1) is 0 Å². The average molecular weight is 263 g/mol. The normalized spacial score (nSPS) is 13.4. The number of benzene rings is 1. The second-order valence-corrected chi connectivity index (χ2v) is 6.46. The predicted octanol–water partition coefficient (Wildman–Crippen LogP) is 3.97. The van der Waals surface area contributed by atoms with Crippen LogP contribution < -0.4 is 10.5 Å². The summed E-state index contributed by atoms with van der Waals surface area (Å²) in [6.45, 7) is 11.0. The first-order valence-corrected chi connectivity index (χ1v) is 7.23. The Morgan fingerprint density at radius 3 is 2.37 bits per heavy atom. The van der Waals surface area contributed by atoms with Crippen molar-refractivity contribution in [2.45, 2.75) is 65.3 Å². The second-order valence-electron chi connectivity index (χ2n) is 6.46. The van der Waals surface area contributed by atoms with Crippen LogP contribution in [0.5, 0.6) is 5.75 Å². The number of hydrogen-bond donors (Lipinski definition) is 1. The molecule has 1 aromatic rings. The highest BCUT2D eigenvalue weighted by molar-refractivity contribution is 5.47. The maximum absolute atomic E-state index is 6.03. The molecule has 0 aliphatic carbocycles. The Balaban J connectivity index is 3.13. The Labute approximate surface area is 118 Å². The fourth-order valence-corrected chi connectivity index (χ4v) is 2.38. The van der Waals surface area contributed by atoms with Crippen LogP contribution in [0.15, 0.2) is 12.1 Å². The molecule has 0 bridgehead atoms. The van der Waals surface area contributed by atoms with Crippen molar-refractivity contribution in [3.8, 4) is 5.75 Å². The van der Waals surface area contributed by atoms with Crippen molar-refractivity contribution in [3.63, 3.8) is 0 Å². The zero-order valence-electron chi connectivity index (χ0n) is 13.3. The molecule has 0 aromatic heterocycles. The van der Waals surface area contributed by atoms with Crippen LogP contribution in [0.25, 0.3) is 0 Å². The van der Waals surface area contributed by atoms with Crippen molar-refractivity contribution in [1.82, 2.24) is 0 Å². The molecule has 1 rings (SSSR count). The molecule has 1 unspecified atom stereocenters. The van der Waals surface area contributed by atoms with Gasteiger partial charge in [-0.3, -0.25) is 0 Å². The molecule has 0 spiro atoms. The van der Waals surface area contributed by atoms with Gasteiger partial charge in [0.25, 0.3) is 0 Å². The van der Waals surface area contributed by atoms with Crippen molar-refractivity contribution < 1.29 is 4.74 Å². The molecule has 0 saturated heterocycles. The van der Waals surface area contributed by atoms with Crippen LogP contribution in [0.3, 0.4) is 0 Å². The van der Waals surface area contributed by atoms with Crippen molar-refractivity contribution in [1.29, 1.82) is 0 Å². The number of methoxy groups -OCH3 is 1. The Kier molecular flexibility index (Phi) is 5.42. The summed E-state index contributed by atoms with van der Waals surface area (Å²) >= 11 is 0. The molecule has 0 aliphatic rings. The van der Waals surface area contributed by atoms with E-state index in [-0.39, 0.29) is 11.5 Å². The molecular weight excluding hydrogens is 234 g/mol. The molecule has 0 amide bonds. The molecule has 1 aromatic carbocycles. The lowest BCUT2D eigenvalue weighted by molar-refractivity contribution is 0.391. The summed E-state index contributed by atoms with van der Waals surface area (Å²) in [6, 6.07) is 4.75. The maximum Gasteiger partial charge on any atom is 0.125 e. The van der Waals surface area contributed by atoms with Crippen LogP contribution in [0.4, 0.5) is 0 Å². The zero-order chi connectivity index (χ0) is 14.6. The largest absolute Gasteiger partial charge is 0.496 e. The third-order valence-corrected chi connectivity index (χ3v) is 3.63. The van der Waals surface area contributed by atoms with Gasteiger partial charge in [-0.05, 0) is 37.2 Å². The van der Waals surface area contributed by atoms with Gasteiger partial charge in [0.05, 0.1) is 7.11 Å². The van der Waals surface area contributed by atoms with Crippen LogP contribution in [-0.4, -0.2) is 13.2 Å². The van der Waals surface area contributed by atoms with E-state index < -0.39 is 0 Å². The van der Waals surface area contributed by atoms with Gasteiger partial charge in [-0.25, -0.2) is 0 Å². The molecule has 1 atom stereocenters. The maximum atomic E-state index is 6.03. The molecule has 0 radical (unpaired) electrons. The summed E-state index contributed by atoms with van der Waals surface area (Å²) in [4.78, 5) is 0. The molecule has 19 heavy (non-hydrogen) atoms. The first kappa shape index (κ1) is 16.0. The smallest absolute Gasteiger partial charge is 0.125 e. The molecule has 0 fully saturated rings. The molecule has 2 nitrogen and oxygen atoms in total. The van der Waals surface area contributed by atoms with Gasteiger partial charge < -0.3 is 10.5 Å². The van der Waals surface area contributed by atoms with Crippen LogP contribution in [0, 0.1) is 6.92 Å². The summed E-state index contributed by atoms with van der Waals surface area (Å²) < 4.78 is 5.68. The van der Waals surface area contributed by atoms with Crippen LogP contribution in [0.1, 0.15) is 57.2 Å². The van der Waals surface area contributed by atoms with E-state index in [1.165, 1.54) is 16.7 Å². The molecule has 0 aliphatic heterocycles. The van der Waals surface area contributed by atoms with Crippen LogP contribution in [0.2, 0.25) is 0 Å². The zero-order valence-corrected chi connectivity index (χ0v) is 13.3. The minimum absolute atomic E-state index is 0.0962. The number of hydrogen-bond acceptors (Lipinski definition) is 2. The number of rotatable bonds is 5. The summed E-state index contributed by atoms with van der Waals surface area (Å²) in [5, 5.41) is 0. The van der Waals surface area contributed by atoms with Crippen LogP contribution >= 0.6 is 0 Å². The first-order chi connectivity index (χ1) is 8.79. The third kappa shape index (κ3) is 4.24. The Hall–Kier alpha value is -1.02. The topological polar surface area (TPSA) is 35.2 Å². The van der Waals surface area contributed by atoms with E-state index in [9.17, 15) is 0 Å². The highest BCUT2D eigenvalue weighted by Crippen LogP contribution is 2.35. The Bertz CT molecular complexity index is 418. The minimum Gasteiger partial charge on any atom is -0.496 e. The van der Waals surface area contributed by atoms with Gasteiger partial charge in [0.2, 0.25) is 0 Å². The Morgan fingerprint density at radius 1 is 1.26 bits per heavy atom. The molecule has 2 heteroatoms. The molecule has 2 N–H and O–H groups in total. The van der Waals surface area contributed by atoms with Crippen molar-refractivity contribution in [2.75, 3.05) is 7.11 Å². The van der Waals surface area contributed by atoms with Crippen molar-refractivity contribution >= 4 is 0 Å². The van der Waals surface area contributed by atoms with Crippen LogP contribution in [-0.2, 0) is 11.8 Å². The van der Waals surface area contributed by atoms with Crippen molar-refractivity contribution in [2.24, 2.45) is 5.73 Å². The van der Waals surface area contributed by atoms with E-state index in [0.29, 0.717) is 0 Å². The summed E-state index contributed by atoms with van der Waals surface area (Å²) in [5.41, 5.74) is 10.0. The van der Waals surface area contributed by atoms with E-state index in [2.05, 4.69) is 46.8 Å². The molecule has 0 saturated carbocycles. The van der Waals surface area contributed by atoms with E-state index in [4.69, 9.17) is 10.5 Å². The minimum atomic E-state index is 0.0962. The standard InChI is InChI=1S/C17H29NO/c1-7-14(18)9-8-13-10-12(2)11-15(16(13)19-6)17(3,4)5/h10-11,14H,7-9,18H2,1-6H3. The summed E-state index contributed by atoms with van der Waals surface area (Å²) in [5.74, 6) is 1.04. The third-order valence-electron chi connectivity index (χ3n) is 3.63. The lowest BCUT2D eigenvalue weighted by atomic mass is 9.83. The van der Waals surface area contributed by atoms with E-state index in [0.717, 1.165) is 25.0 Å². The Morgan fingerprint density at radius 2 is 1.89 bits per heavy atom. The number of aryl methyl sites for hydroxylation is 2. The summed E-state index contributed by atoms with van der Waals surface area (Å²) in [6.07, 6.45) is 3.03. The molecular formula is C17H29NO. The fourth-order valence-electron chi connectivity index (χ4n) is 2.38. The number of nitrogens with two attached hydrogens (primary N) is 1. The van der Waals surface area contributed by atoms with E-state index in [1.807, 2.05) is 0 Å². The first-order valence-electron chi connectivity index (χ1n) is 7.23. The monoisotopic (exact) mass is 263 g/mol. The predicted molar refractivity (Wildman–Crippen MR) is 83.0 cm³/mol. The quantitative estimate of drug-likeness (QED) is 0.872. The van der Waals surface area contributed by atoms with Gasteiger partial charge in [-0.2, -0.15) is 0 Å². The molecule has 0 heterocycles. The van der Waals surface area contributed by atoms with Gasteiger partial charge in [-0.1, -0.05) is 45.4 Å².